The Morgan fingerprint density at radius 3 is 2.82 bits per heavy atom. The first-order chi connectivity index (χ1) is 8.13. The lowest BCUT2D eigenvalue weighted by atomic mass is 10.1. The minimum atomic E-state index is -2.23. The van der Waals surface area contributed by atoms with Crippen LogP contribution in [0.2, 0.25) is 0 Å². The number of hydrogen-bond donors (Lipinski definition) is 1. The molecule has 1 heterocycles. The van der Waals surface area contributed by atoms with Crippen LogP contribution in [-0.4, -0.2) is 16.1 Å². The number of nitrogens with zero attached hydrogens (tertiary/aromatic N) is 2. The Labute approximate surface area is 95.9 Å². The molecule has 0 fully saturated rings. The summed E-state index contributed by atoms with van der Waals surface area (Å²) in [5.74, 6) is -1.63. The second-order valence-electron chi connectivity index (χ2n) is 3.43. The number of alkyl halides is 1. The van der Waals surface area contributed by atoms with Crippen LogP contribution in [0.5, 0.6) is 0 Å². The number of rotatable bonds is 2. The van der Waals surface area contributed by atoms with E-state index in [1.807, 2.05) is 0 Å². The number of aromatic nitrogens is 1. The minimum absolute atomic E-state index is 0.196. The van der Waals surface area contributed by atoms with E-state index in [0.29, 0.717) is 10.9 Å². The topological polar surface area (TPSA) is 74.0 Å². The fourth-order valence-electron chi connectivity index (χ4n) is 1.55. The Hall–Kier alpha value is -2.48. The molecule has 1 atom stereocenters. The monoisotopic (exact) mass is 230 g/mol. The van der Waals surface area contributed by atoms with Crippen molar-refractivity contribution in [3.05, 3.63) is 41.6 Å². The predicted octanol–water partition coefficient (Wildman–Crippen LogP) is 2.20. The third kappa shape index (κ3) is 1.93. The number of carbonyl (C=O) groups is 1. The second kappa shape index (κ2) is 4.18. The van der Waals surface area contributed by atoms with E-state index in [1.165, 1.54) is 6.07 Å². The number of para-hydroxylation sites is 1. The fraction of sp³-hybridized carbons (Fsp3) is 0.0833. The van der Waals surface area contributed by atoms with Crippen molar-refractivity contribution in [2.75, 3.05) is 0 Å². The number of hydrogen-bond acceptors (Lipinski definition) is 3. The smallest absolute Gasteiger partial charge is 0.343 e. The zero-order valence-electron chi connectivity index (χ0n) is 8.59. The maximum absolute atomic E-state index is 13.4. The molecule has 1 unspecified atom stereocenters. The van der Waals surface area contributed by atoms with Crippen LogP contribution < -0.4 is 0 Å². The van der Waals surface area contributed by atoms with Crippen LogP contribution in [0.1, 0.15) is 17.4 Å². The molecule has 0 amide bonds. The fourth-order valence-corrected chi connectivity index (χ4v) is 1.55. The van der Waals surface area contributed by atoms with Gasteiger partial charge in [0, 0.05) is 10.9 Å². The van der Waals surface area contributed by atoms with Gasteiger partial charge in [0.25, 0.3) is 0 Å². The number of pyridine rings is 1. The van der Waals surface area contributed by atoms with Crippen molar-refractivity contribution in [1.82, 2.24) is 4.98 Å². The van der Waals surface area contributed by atoms with Gasteiger partial charge in [-0.15, -0.1) is 0 Å². The van der Waals surface area contributed by atoms with Crippen LogP contribution in [-0.2, 0) is 4.79 Å². The first-order valence-electron chi connectivity index (χ1n) is 4.80. The van der Waals surface area contributed by atoms with Crippen LogP contribution in [0, 0.1) is 11.3 Å². The normalized spacial score (nSPS) is 12.0. The van der Waals surface area contributed by atoms with Crippen LogP contribution >= 0.6 is 0 Å². The van der Waals surface area contributed by atoms with Gasteiger partial charge in [0.15, 0.2) is 0 Å². The van der Waals surface area contributed by atoms with Crippen LogP contribution in [0.15, 0.2) is 30.3 Å². The van der Waals surface area contributed by atoms with Gasteiger partial charge in [-0.2, -0.15) is 5.26 Å². The van der Waals surface area contributed by atoms with Gasteiger partial charge in [-0.25, -0.2) is 14.2 Å². The van der Waals surface area contributed by atoms with Crippen molar-refractivity contribution in [2.45, 2.75) is 6.17 Å². The van der Waals surface area contributed by atoms with E-state index >= 15 is 0 Å². The summed E-state index contributed by atoms with van der Waals surface area (Å²) in [6, 6.07) is 9.88. The number of benzene rings is 1. The van der Waals surface area contributed by atoms with Crippen molar-refractivity contribution in [3.8, 4) is 6.07 Å². The quantitative estimate of drug-likeness (QED) is 0.858. The van der Waals surface area contributed by atoms with Gasteiger partial charge in [-0.05, 0) is 12.1 Å². The van der Waals surface area contributed by atoms with Gasteiger partial charge in [0.2, 0.25) is 6.17 Å². The molecule has 0 spiro atoms. The highest BCUT2D eigenvalue weighted by Crippen LogP contribution is 2.24. The van der Waals surface area contributed by atoms with Crippen LogP contribution in [0.3, 0.4) is 0 Å². The largest absolute Gasteiger partial charge is 0.479 e. The summed E-state index contributed by atoms with van der Waals surface area (Å²) < 4.78 is 13.4. The summed E-state index contributed by atoms with van der Waals surface area (Å²) in [6.07, 6.45) is -2.23. The molecule has 0 saturated carbocycles. The average molecular weight is 230 g/mol. The van der Waals surface area contributed by atoms with Gasteiger partial charge in [0.05, 0.1) is 5.52 Å². The SMILES string of the molecule is N#Cc1nc2ccccc2cc1C(F)C(=O)O. The van der Waals surface area contributed by atoms with Crippen molar-refractivity contribution < 1.29 is 14.3 Å². The molecule has 0 radical (unpaired) electrons. The lowest BCUT2D eigenvalue weighted by molar-refractivity contribution is -0.143. The number of carboxylic acids is 1. The number of nitriles is 1. The van der Waals surface area contributed by atoms with E-state index in [1.54, 1.807) is 30.3 Å². The third-order valence-electron chi connectivity index (χ3n) is 2.35. The van der Waals surface area contributed by atoms with Crippen LogP contribution in [0.25, 0.3) is 10.9 Å². The Morgan fingerprint density at radius 1 is 1.47 bits per heavy atom. The summed E-state index contributed by atoms with van der Waals surface area (Å²) in [4.78, 5) is 14.5. The average Bonchev–Trinajstić information content (AvgIpc) is 2.36. The van der Waals surface area contributed by atoms with Gasteiger partial charge < -0.3 is 5.11 Å². The molecule has 0 bridgehead atoms. The second-order valence-corrected chi connectivity index (χ2v) is 3.43. The summed E-state index contributed by atoms with van der Waals surface area (Å²) in [7, 11) is 0. The maximum atomic E-state index is 13.4. The van der Waals surface area contributed by atoms with E-state index in [9.17, 15) is 9.18 Å². The molecule has 5 heteroatoms. The highest BCUT2D eigenvalue weighted by molar-refractivity contribution is 5.83. The lowest BCUT2D eigenvalue weighted by Gasteiger charge is -2.06. The lowest BCUT2D eigenvalue weighted by Crippen LogP contribution is -2.09. The van der Waals surface area contributed by atoms with Gasteiger partial charge >= 0.3 is 5.97 Å². The highest BCUT2D eigenvalue weighted by Gasteiger charge is 2.23. The van der Waals surface area contributed by atoms with E-state index in [4.69, 9.17) is 10.4 Å². The molecule has 1 N–H and O–H groups in total. The standard InChI is InChI=1S/C12H7FN2O2/c13-11(12(16)17)8-5-7-3-1-2-4-9(7)15-10(8)6-14/h1-5,11H,(H,16,17). The summed E-state index contributed by atoms with van der Waals surface area (Å²) >= 11 is 0. The Kier molecular flexibility index (Phi) is 2.71. The van der Waals surface area contributed by atoms with Gasteiger partial charge in [0.1, 0.15) is 11.8 Å². The molecule has 4 nitrogen and oxygen atoms in total. The summed E-state index contributed by atoms with van der Waals surface area (Å²) in [5.41, 5.74) is 0.127. The molecule has 0 aliphatic heterocycles. The molecule has 2 aromatic rings. The van der Waals surface area contributed by atoms with E-state index < -0.39 is 12.1 Å². The molecule has 17 heavy (non-hydrogen) atoms. The summed E-state index contributed by atoms with van der Waals surface area (Å²) in [5, 5.41) is 18.1. The van der Waals surface area contributed by atoms with E-state index in [0.717, 1.165) is 0 Å². The van der Waals surface area contributed by atoms with E-state index in [-0.39, 0.29) is 11.3 Å². The zero-order valence-corrected chi connectivity index (χ0v) is 8.59. The maximum Gasteiger partial charge on any atom is 0.343 e. The molecule has 84 valence electrons. The molecule has 1 aromatic heterocycles. The van der Waals surface area contributed by atoms with Crippen molar-refractivity contribution in [1.29, 1.82) is 5.26 Å². The zero-order chi connectivity index (χ0) is 12.4. The molecule has 0 saturated heterocycles. The number of halogens is 1. The number of carboxylic acid groups (broad SMARTS) is 1. The predicted molar refractivity (Wildman–Crippen MR) is 57.9 cm³/mol. The van der Waals surface area contributed by atoms with Crippen molar-refractivity contribution >= 4 is 16.9 Å². The van der Waals surface area contributed by atoms with Gasteiger partial charge in [-0.1, -0.05) is 18.2 Å². The summed E-state index contributed by atoms with van der Waals surface area (Å²) in [6.45, 7) is 0. The Bertz CT molecular complexity index is 634. The molecule has 0 aliphatic carbocycles. The van der Waals surface area contributed by atoms with Crippen molar-refractivity contribution in [2.24, 2.45) is 0 Å². The minimum Gasteiger partial charge on any atom is -0.479 e. The van der Waals surface area contributed by atoms with Gasteiger partial charge in [-0.3, -0.25) is 0 Å². The molecule has 0 aliphatic rings. The van der Waals surface area contributed by atoms with Crippen LogP contribution in [0.4, 0.5) is 4.39 Å². The van der Waals surface area contributed by atoms with E-state index in [2.05, 4.69) is 4.98 Å². The number of fused-ring (bicyclic) bond motifs is 1. The number of aliphatic carboxylic acids is 1. The first-order valence-corrected chi connectivity index (χ1v) is 4.80. The highest BCUT2D eigenvalue weighted by atomic mass is 19.1. The molecule has 1 aromatic carbocycles. The molecular formula is C12H7FN2O2. The molecule has 2 rings (SSSR count). The van der Waals surface area contributed by atoms with Crippen molar-refractivity contribution in [3.63, 3.8) is 0 Å². The molecular weight excluding hydrogens is 223 g/mol. The first kappa shape index (κ1) is 11.0. The Morgan fingerprint density at radius 2 is 2.18 bits per heavy atom. The Balaban J connectivity index is 2.70. The third-order valence-corrected chi connectivity index (χ3v) is 2.35.